The molecule has 2 rings (SSSR count). The van der Waals surface area contributed by atoms with Crippen LogP contribution >= 0.6 is 0 Å². The standard InChI is InChI=1S/C14H23N3O/c1-11(2)14-15-6-9-17(14)10-13-4-7-16(8-5-13)12(3)18/h6,9,11,13H,4-5,7-8,10H2,1-3H3. The first-order valence-corrected chi connectivity index (χ1v) is 6.84. The maximum atomic E-state index is 11.3. The molecule has 18 heavy (non-hydrogen) atoms. The van der Waals surface area contributed by atoms with Gasteiger partial charge in [0, 0.05) is 44.9 Å². The molecule has 0 aliphatic carbocycles. The molecule has 0 bridgehead atoms. The Morgan fingerprint density at radius 3 is 2.67 bits per heavy atom. The van der Waals surface area contributed by atoms with Gasteiger partial charge in [-0.05, 0) is 18.8 Å². The van der Waals surface area contributed by atoms with E-state index in [0.717, 1.165) is 32.5 Å². The number of carbonyl (C=O) groups excluding carboxylic acids is 1. The molecule has 4 heteroatoms. The van der Waals surface area contributed by atoms with Crippen LogP contribution in [0.4, 0.5) is 0 Å². The second-order valence-corrected chi connectivity index (χ2v) is 5.54. The van der Waals surface area contributed by atoms with Crippen molar-refractivity contribution in [2.24, 2.45) is 5.92 Å². The van der Waals surface area contributed by atoms with Gasteiger partial charge in [-0.2, -0.15) is 0 Å². The van der Waals surface area contributed by atoms with Crippen molar-refractivity contribution in [1.82, 2.24) is 14.5 Å². The number of aromatic nitrogens is 2. The molecular formula is C14H23N3O. The molecule has 0 atom stereocenters. The Bertz CT molecular complexity index is 403. The van der Waals surface area contributed by atoms with E-state index in [9.17, 15) is 4.79 Å². The Morgan fingerprint density at radius 1 is 1.44 bits per heavy atom. The molecule has 0 radical (unpaired) electrons. The van der Waals surface area contributed by atoms with E-state index in [1.807, 2.05) is 11.1 Å². The second kappa shape index (κ2) is 5.55. The van der Waals surface area contributed by atoms with E-state index in [4.69, 9.17) is 0 Å². The summed E-state index contributed by atoms with van der Waals surface area (Å²) in [7, 11) is 0. The molecule has 0 saturated carbocycles. The van der Waals surface area contributed by atoms with E-state index in [0.29, 0.717) is 11.8 Å². The SMILES string of the molecule is CC(=O)N1CCC(Cn2ccnc2C(C)C)CC1. The summed E-state index contributed by atoms with van der Waals surface area (Å²) in [4.78, 5) is 17.7. The number of hydrogen-bond acceptors (Lipinski definition) is 2. The molecule has 0 unspecified atom stereocenters. The molecule has 1 aliphatic rings. The summed E-state index contributed by atoms with van der Waals surface area (Å²) in [5.41, 5.74) is 0. The van der Waals surface area contributed by atoms with Crippen LogP contribution < -0.4 is 0 Å². The quantitative estimate of drug-likeness (QED) is 0.824. The minimum atomic E-state index is 0.207. The molecule has 0 spiro atoms. The summed E-state index contributed by atoms with van der Waals surface area (Å²) in [5, 5.41) is 0. The van der Waals surface area contributed by atoms with Gasteiger partial charge in [-0.1, -0.05) is 13.8 Å². The van der Waals surface area contributed by atoms with E-state index < -0.39 is 0 Å². The molecule has 1 amide bonds. The van der Waals surface area contributed by atoms with Crippen LogP contribution in [0.3, 0.4) is 0 Å². The summed E-state index contributed by atoms with van der Waals surface area (Å²) < 4.78 is 2.28. The first kappa shape index (κ1) is 13.1. The van der Waals surface area contributed by atoms with Crippen molar-refractivity contribution in [3.63, 3.8) is 0 Å². The monoisotopic (exact) mass is 249 g/mol. The lowest BCUT2D eigenvalue weighted by molar-refractivity contribution is -0.130. The van der Waals surface area contributed by atoms with Crippen LogP contribution in [0.2, 0.25) is 0 Å². The van der Waals surface area contributed by atoms with Crippen LogP contribution in [0, 0.1) is 5.92 Å². The van der Waals surface area contributed by atoms with Gasteiger partial charge in [-0.15, -0.1) is 0 Å². The summed E-state index contributed by atoms with van der Waals surface area (Å²) in [6.45, 7) is 8.87. The largest absolute Gasteiger partial charge is 0.343 e. The maximum Gasteiger partial charge on any atom is 0.219 e. The van der Waals surface area contributed by atoms with E-state index >= 15 is 0 Å². The van der Waals surface area contributed by atoms with Gasteiger partial charge in [0.25, 0.3) is 0 Å². The third-order valence-corrected chi connectivity index (χ3v) is 3.78. The third kappa shape index (κ3) is 2.92. The lowest BCUT2D eigenvalue weighted by Gasteiger charge is -2.31. The van der Waals surface area contributed by atoms with E-state index in [1.54, 1.807) is 6.92 Å². The van der Waals surface area contributed by atoms with Gasteiger partial charge in [0.05, 0.1) is 0 Å². The zero-order valence-corrected chi connectivity index (χ0v) is 11.6. The van der Waals surface area contributed by atoms with Gasteiger partial charge in [0.15, 0.2) is 0 Å². The smallest absolute Gasteiger partial charge is 0.219 e. The van der Waals surface area contributed by atoms with E-state index in [2.05, 4.69) is 29.6 Å². The van der Waals surface area contributed by atoms with Gasteiger partial charge in [-0.3, -0.25) is 4.79 Å². The molecule has 1 aromatic heterocycles. The van der Waals surface area contributed by atoms with Crippen molar-refractivity contribution >= 4 is 5.91 Å². The Balaban J connectivity index is 1.91. The number of rotatable bonds is 3. The number of piperidine rings is 1. The fourth-order valence-corrected chi connectivity index (χ4v) is 2.68. The molecule has 1 aliphatic heterocycles. The van der Waals surface area contributed by atoms with E-state index in [-0.39, 0.29) is 5.91 Å². The molecule has 1 aromatic rings. The van der Waals surface area contributed by atoms with Crippen LogP contribution in [-0.2, 0) is 11.3 Å². The van der Waals surface area contributed by atoms with Crippen molar-refractivity contribution in [3.8, 4) is 0 Å². The zero-order chi connectivity index (χ0) is 13.1. The van der Waals surface area contributed by atoms with Crippen molar-refractivity contribution in [2.45, 2.75) is 46.1 Å². The average molecular weight is 249 g/mol. The third-order valence-electron chi connectivity index (χ3n) is 3.78. The number of hydrogen-bond donors (Lipinski definition) is 0. The lowest BCUT2D eigenvalue weighted by atomic mass is 9.96. The minimum absolute atomic E-state index is 0.207. The number of nitrogens with zero attached hydrogens (tertiary/aromatic N) is 3. The average Bonchev–Trinajstić information content (AvgIpc) is 2.78. The highest BCUT2D eigenvalue weighted by molar-refractivity contribution is 5.73. The molecule has 100 valence electrons. The zero-order valence-electron chi connectivity index (χ0n) is 11.6. The highest BCUT2D eigenvalue weighted by atomic mass is 16.2. The van der Waals surface area contributed by atoms with Gasteiger partial charge >= 0.3 is 0 Å². The van der Waals surface area contributed by atoms with Crippen LogP contribution in [0.15, 0.2) is 12.4 Å². The Kier molecular flexibility index (Phi) is 4.04. The summed E-state index contributed by atoms with van der Waals surface area (Å²) in [5.74, 6) is 2.52. The normalized spacial score (nSPS) is 17.4. The highest BCUT2D eigenvalue weighted by Gasteiger charge is 2.21. The van der Waals surface area contributed by atoms with Crippen molar-refractivity contribution in [2.75, 3.05) is 13.1 Å². The number of imidazole rings is 1. The molecule has 2 heterocycles. The highest BCUT2D eigenvalue weighted by Crippen LogP contribution is 2.21. The topological polar surface area (TPSA) is 38.1 Å². The number of likely N-dealkylation sites (tertiary alicyclic amines) is 1. The van der Waals surface area contributed by atoms with Gasteiger partial charge < -0.3 is 9.47 Å². The summed E-state index contributed by atoms with van der Waals surface area (Å²) in [6, 6.07) is 0. The van der Waals surface area contributed by atoms with Crippen LogP contribution in [-0.4, -0.2) is 33.4 Å². The fourth-order valence-electron chi connectivity index (χ4n) is 2.68. The Labute approximate surface area is 109 Å². The summed E-state index contributed by atoms with van der Waals surface area (Å²) in [6.07, 6.45) is 6.18. The van der Waals surface area contributed by atoms with Crippen LogP contribution in [0.25, 0.3) is 0 Å². The number of carbonyl (C=O) groups is 1. The van der Waals surface area contributed by atoms with Crippen molar-refractivity contribution in [3.05, 3.63) is 18.2 Å². The Hall–Kier alpha value is -1.32. The molecular weight excluding hydrogens is 226 g/mol. The van der Waals surface area contributed by atoms with E-state index in [1.165, 1.54) is 5.82 Å². The van der Waals surface area contributed by atoms with Crippen LogP contribution in [0.5, 0.6) is 0 Å². The summed E-state index contributed by atoms with van der Waals surface area (Å²) >= 11 is 0. The second-order valence-electron chi connectivity index (χ2n) is 5.54. The van der Waals surface area contributed by atoms with Gasteiger partial charge in [0.2, 0.25) is 5.91 Å². The molecule has 0 N–H and O–H groups in total. The van der Waals surface area contributed by atoms with Crippen molar-refractivity contribution in [1.29, 1.82) is 0 Å². The van der Waals surface area contributed by atoms with Crippen molar-refractivity contribution < 1.29 is 4.79 Å². The molecule has 1 saturated heterocycles. The number of amides is 1. The maximum absolute atomic E-state index is 11.3. The predicted molar refractivity (Wildman–Crippen MR) is 71.3 cm³/mol. The molecule has 4 nitrogen and oxygen atoms in total. The molecule has 0 aromatic carbocycles. The van der Waals surface area contributed by atoms with Gasteiger partial charge in [0.1, 0.15) is 5.82 Å². The van der Waals surface area contributed by atoms with Gasteiger partial charge in [-0.25, -0.2) is 4.98 Å². The fraction of sp³-hybridized carbons (Fsp3) is 0.714. The Morgan fingerprint density at radius 2 is 2.11 bits per heavy atom. The first-order valence-electron chi connectivity index (χ1n) is 6.84. The lowest BCUT2D eigenvalue weighted by Crippen LogP contribution is -2.38. The molecule has 1 fully saturated rings. The predicted octanol–water partition coefficient (Wildman–Crippen LogP) is 2.27. The van der Waals surface area contributed by atoms with Crippen LogP contribution in [0.1, 0.15) is 45.4 Å². The first-order chi connectivity index (χ1) is 8.58. The minimum Gasteiger partial charge on any atom is -0.343 e.